The predicted octanol–water partition coefficient (Wildman–Crippen LogP) is 2.46. The van der Waals surface area contributed by atoms with Gasteiger partial charge in [0, 0.05) is 6.04 Å². The average molecular weight is 228 g/mol. The Balaban J connectivity index is 3.72. The Kier molecular flexibility index (Phi) is 9.30. The Morgan fingerprint density at radius 2 is 1.75 bits per heavy atom. The van der Waals surface area contributed by atoms with Gasteiger partial charge in [0.1, 0.15) is 0 Å². The summed E-state index contributed by atoms with van der Waals surface area (Å²) in [7, 11) is 0. The maximum absolute atomic E-state index is 11.8. The normalized spacial score (nSPS) is 12.8. The molecule has 0 heterocycles. The van der Waals surface area contributed by atoms with E-state index in [2.05, 4.69) is 31.4 Å². The van der Waals surface area contributed by atoms with Gasteiger partial charge < -0.3 is 10.6 Å². The van der Waals surface area contributed by atoms with Crippen LogP contribution < -0.4 is 10.6 Å². The maximum Gasteiger partial charge on any atom is 0.237 e. The van der Waals surface area contributed by atoms with Crippen LogP contribution in [0.5, 0.6) is 0 Å². The van der Waals surface area contributed by atoms with E-state index in [-0.39, 0.29) is 11.9 Å². The quantitative estimate of drug-likeness (QED) is 0.595. The summed E-state index contributed by atoms with van der Waals surface area (Å²) < 4.78 is 0. The van der Waals surface area contributed by atoms with Crippen molar-refractivity contribution >= 4 is 5.91 Å². The van der Waals surface area contributed by atoms with E-state index >= 15 is 0 Å². The Morgan fingerprint density at radius 1 is 1.12 bits per heavy atom. The van der Waals surface area contributed by atoms with Crippen molar-refractivity contribution in [1.29, 1.82) is 0 Å². The zero-order valence-corrected chi connectivity index (χ0v) is 11.3. The molecule has 0 aliphatic carbocycles. The van der Waals surface area contributed by atoms with E-state index in [1.54, 1.807) is 0 Å². The summed E-state index contributed by atoms with van der Waals surface area (Å²) in [6, 6.07) is 0.254. The van der Waals surface area contributed by atoms with Gasteiger partial charge in [0.15, 0.2) is 0 Å². The number of hydrogen-bond acceptors (Lipinski definition) is 2. The van der Waals surface area contributed by atoms with Crippen molar-refractivity contribution in [3.8, 4) is 0 Å². The molecule has 1 unspecified atom stereocenters. The molecule has 0 aliphatic heterocycles. The molecule has 16 heavy (non-hydrogen) atoms. The van der Waals surface area contributed by atoms with Crippen molar-refractivity contribution in [3.63, 3.8) is 0 Å². The minimum atomic E-state index is -0.0718. The Labute approximate surface area is 100 Å². The van der Waals surface area contributed by atoms with Crippen molar-refractivity contribution in [1.82, 2.24) is 10.6 Å². The third-order valence-corrected chi connectivity index (χ3v) is 2.96. The number of carbonyl (C=O) groups excluding carboxylic acids is 1. The predicted molar refractivity (Wildman–Crippen MR) is 69.5 cm³/mol. The number of unbranched alkanes of at least 4 members (excludes halogenated alkanes) is 2. The van der Waals surface area contributed by atoms with Gasteiger partial charge in [0.2, 0.25) is 5.91 Å². The number of carbonyl (C=O) groups is 1. The highest BCUT2D eigenvalue weighted by atomic mass is 16.2. The van der Waals surface area contributed by atoms with Gasteiger partial charge in [-0.2, -0.15) is 0 Å². The van der Waals surface area contributed by atoms with Gasteiger partial charge in [-0.1, -0.05) is 33.6 Å². The molecule has 0 saturated heterocycles. The monoisotopic (exact) mass is 228 g/mol. The van der Waals surface area contributed by atoms with Gasteiger partial charge in [-0.15, -0.1) is 0 Å². The van der Waals surface area contributed by atoms with Crippen LogP contribution in [-0.2, 0) is 4.79 Å². The van der Waals surface area contributed by atoms with Crippen LogP contribution in [0.2, 0.25) is 0 Å². The van der Waals surface area contributed by atoms with Gasteiger partial charge in [-0.25, -0.2) is 0 Å². The van der Waals surface area contributed by atoms with Crippen LogP contribution >= 0.6 is 0 Å². The molecule has 0 spiro atoms. The fourth-order valence-corrected chi connectivity index (χ4v) is 1.61. The highest BCUT2D eigenvalue weighted by Crippen LogP contribution is 1.97. The van der Waals surface area contributed by atoms with Crippen LogP contribution in [0.1, 0.15) is 59.8 Å². The maximum atomic E-state index is 11.8. The smallest absolute Gasteiger partial charge is 0.237 e. The number of amides is 1. The fraction of sp³-hybridized carbons (Fsp3) is 0.923. The second-order valence-corrected chi connectivity index (χ2v) is 4.40. The van der Waals surface area contributed by atoms with Gasteiger partial charge in [0.25, 0.3) is 0 Å². The Bertz CT molecular complexity index is 179. The second-order valence-electron chi connectivity index (χ2n) is 4.40. The first-order valence-electron chi connectivity index (χ1n) is 6.69. The first-order chi connectivity index (χ1) is 7.65. The number of nitrogens with one attached hydrogen (secondary N) is 2. The van der Waals surface area contributed by atoms with Crippen molar-refractivity contribution in [3.05, 3.63) is 0 Å². The van der Waals surface area contributed by atoms with Gasteiger partial charge in [0.05, 0.1) is 6.04 Å². The number of rotatable bonds is 9. The molecule has 3 nitrogen and oxygen atoms in total. The standard InChI is InChI=1S/C13H28N2O/c1-5-8-9-10-14-11(4)13(16)15-12(6-2)7-3/h11-12,14H,5-10H2,1-4H3,(H,15,16). The molecule has 0 saturated carbocycles. The van der Waals surface area contributed by atoms with Crippen LogP contribution in [0, 0.1) is 0 Å². The molecule has 0 aromatic carbocycles. The summed E-state index contributed by atoms with van der Waals surface area (Å²) >= 11 is 0. The molecule has 2 N–H and O–H groups in total. The molecule has 0 aromatic rings. The van der Waals surface area contributed by atoms with Gasteiger partial charge in [-0.05, 0) is 32.7 Å². The average Bonchev–Trinajstić information content (AvgIpc) is 2.30. The van der Waals surface area contributed by atoms with E-state index in [4.69, 9.17) is 0 Å². The summed E-state index contributed by atoms with van der Waals surface area (Å²) in [6.07, 6.45) is 5.61. The minimum Gasteiger partial charge on any atom is -0.352 e. The molecule has 1 amide bonds. The van der Waals surface area contributed by atoms with Crippen molar-refractivity contribution in [2.24, 2.45) is 0 Å². The van der Waals surface area contributed by atoms with Crippen LogP contribution in [0.15, 0.2) is 0 Å². The lowest BCUT2D eigenvalue weighted by molar-refractivity contribution is -0.123. The summed E-state index contributed by atoms with van der Waals surface area (Å²) in [5, 5.41) is 6.31. The highest BCUT2D eigenvalue weighted by Gasteiger charge is 2.14. The minimum absolute atomic E-state index is 0.0718. The van der Waals surface area contributed by atoms with E-state index in [0.29, 0.717) is 6.04 Å². The first-order valence-corrected chi connectivity index (χ1v) is 6.69. The van der Waals surface area contributed by atoms with Crippen LogP contribution in [0.3, 0.4) is 0 Å². The SMILES string of the molecule is CCCCCNC(C)C(=O)NC(CC)CC. The zero-order chi connectivity index (χ0) is 12.4. The molecule has 0 rings (SSSR count). The van der Waals surface area contributed by atoms with Crippen LogP contribution in [0.25, 0.3) is 0 Å². The molecular weight excluding hydrogens is 200 g/mol. The fourth-order valence-electron chi connectivity index (χ4n) is 1.61. The van der Waals surface area contributed by atoms with E-state index < -0.39 is 0 Å². The lowest BCUT2D eigenvalue weighted by Crippen LogP contribution is -2.46. The molecular formula is C13H28N2O. The van der Waals surface area contributed by atoms with Gasteiger partial charge in [-0.3, -0.25) is 4.79 Å². The largest absolute Gasteiger partial charge is 0.352 e. The third kappa shape index (κ3) is 6.83. The molecule has 0 fully saturated rings. The molecule has 0 aromatic heterocycles. The Hall–Kier alpha value is -0.570. The van der Waals surface area contributed by atoms with E-state index in [1.165, 1.54) is 12.8 Å². The van der Waals surface area contributed by atoms with Crippen LogP contribution in [0.4, 0.5) is 0 Å². The summed E-state index contributed by atoms with van der Waals surface area (Å²) in [5.41, 5.74) is 0. The second kappa shape index (κ2) is 9.64. The Morgan fingerprint density at radius 3 is 2.25 bits per heavy atom. The van der Waals surface area contributed by atoms with Crippen molar-refractivity contribution in [2.45, 2.75) is 71.9 Å². The van der Waals surface area contributed by atoms with E-state index in [0.717, 1.165) is 25.8 Å². The first kappa shape index (κ1) is 15.4. The summed E-state index contributed by atoms with van der Waals surface area (Å²) in [6.45, 7) is 9.26. The molecule has 1 atom stereocenters. The van der Waals surface area contributed by atoms with E-state index in [9.17, 15) is 4.79 Å². The molecule has 96 valence electrons. The van der Waals surface area contributed by atoms with Crippen molar-refractivity contribution in [2.75, 3.05) is 6.54 Å². The van der Waals surface area contributed by atoms with Crippen molar-refractivity contribution < 1.29 is 4.79 Å². The lowest BCUT2D eigenvalue weighted by Gasteiger charge is -2.19. The summed E-state index contributed by atoms with van der Waals surface area (Å²) in [4.78, 5) is 11.8. The third-order valence-electron chi connectivity index (χ3n) is 2.96. The molecule has 3 heteroatoms. The topological polar surface area (TPSA) is 41.1 Å². The molecule has 0 aliphatic rings. The number of hydrogen-bond donors (Lipinski definition) is 2. The molecule has 0 radical (unpaired) electrons. The highest BCUT2D eigenvalue weighted by molar-refractivity contribution is 5.81. The van der Waals surface area contributed by atoms with E-state index in [1.807, 2.05) is 6.92 Å². The summed E-state index contributed by atoms with van der Waals surface area (Å²) in [5.74, 6) is 0.130. The van der Waals surface area contributed by atoms with Gasteiger partial charge >= 0.3 is 0 Å². The van der Waals surface area contributed by atoms with Crippen LogP contribution in [-0.4, -0.2) is 24.5 Å². The molecule has 0 bridgehead atoms. The lowest BCUT2D eigenvalue weighted by atomic mass is 10.1. The zero-order valence-electron chi connectivity index (χ0n) is 11.3.